The molecule has 10 heteroatoms. The van der Waals surface area contributed by atoms with Gasteiger partial charge in [0.25, 0.3) is 0 Å². The number of carbonyl (C=O) groups is 1. The van der Waals surface area contributed by atoms with Gasteiger partial charge in [0.1, 0.15) is 4.21 Å². The van der Waals surface area contributed by atoms with E-state index >= 15 is 0 Å². The molecule has 0 saturated heterocycles. The first kappa shape index (κ1) is 16.9. The summed E-state index contributed by atoms with van der Waals surface area (Å²) in [7, 11) is -4.07. The minimum atomic E-state index is -4.47. The van der Waals surface area contributed by atoms with Crippen molar-refractivity contribution in [2.75, 3.05) is 0 Å². The topological polar surface area (TPSA) is 83.5 Å². The van der Waals surface area contributed by atoms with Crippen LogP contribution in [0.15, 0.2) is 16.3 Å². The van der Waals surface area contributed by atoms with Crippen molar-refractivity contribution < 1.29 is 31.5 Å². The summed E-state index contributed by atoms with van der Waals surface area (Å²) in [5.74, 6) is -1.12. The van der Waals surface area contributed by atoms with Crippen molar-refractivity contribution in [1.82, 2.24) is 4.72 Å². The van der Waals surface area contributed by atoms with Gasteiger partial charge in [-0.2, -0.15) is 13.2 Å². The Labute approximate surface area is 117 Å². The summed E-state index contributed by atoms with van der Waals surface area (Å²) < 4.78 is 61.7. The number of alkyl halides is 3. The molecule has 0 aromatic carbocycles. The van der Waals surface area contributed by atoms with Gasteiger partial charge in [0, 0.05) is 10.9 Å². The van der Waals surface area contributed by atoms with E-state index in [4.69, 9.17) is 5.11 Å². The van der Waals surface area contributed by atoms with E-state index in [-0.39, 0.29) is 10.6 Å². The van der Waals surface area contributed by atoms with E-state index < -0.39 is 34.6 Å². The lowest BCUT2D eigenvalue weighted by atomic mass is 10.2. The molecule has 0 bridgehead atoms. The van der Waals surface area contributed by atoms with E-state index in [1.807, 2.05) is 4.72 Å². The quantitative estimate of drug-likeness (QED) is 0.835. The SMILES string of the molecule is CC(CC(F)(F)F)NS(=O)(=O)c1ccc(CC(=O)O)s1. The smallest absolute Gasteiger partial charge is 0.390 e. The van der Waals surface area contributed by atoms with Crippen molar-refractivity contribution in [3.8, 4) is 0 Å². The van der Waals surface area contributed by atoms with Crippen LogP contribution >= 0.6 is 11.3 Å². The van der Waals surface area contributed by atoms with Gasteiger partial charge in [-0.1, -0.05) is 0 Å². The van der Waals surface area contributed by atoms with Gasteiger partial charge in [-0.25, -0.2) is 13.1 Å². The van der Waals surface area contributed by atoms with Gasteiger partial charge in [-0.15, -0.1) is 11.3 Å². The number of hydrogen-bond acceptors (Lipinski definition) is 4. The molecule has 0 radical (unpaired) electrons. The highest BCUT2D eigenvalue weighted by molar-refractivity contribution is 7.91. The molecular weight excluding hydrogens is 319 g/mol. The highest BCUT2D eigenvalue weighted by Crippen LogP contribution is 2.25. The summed E-state index contributed by atoms with van der Waals surface area (Å²) in [5.41, 5.74) is 0. The number of aliphatic carboxylic acids is 1. The Morgan fingerprint density at radius 2 is 2.05 bits per heavy atom. The summed E-state index contributed by atoms with van der Waals surface area (Å²) in [4.78, 5) is 10.8. The van der Waals surface area contributed by atoms with Gasteiger partial charge in [0.15, 0.2) is 0 Å². The Bertz CT molecular complexity index is 580. The molecule has 0 aliphatic carbocycles. The molecule has 0 aliphatic heterocycles. The summed E-state index contributed by atoms with van der Waals surface area (Å²) in [6.07, 6.45) is -6.08. The van der Waals surface area contributed by atoms with Crippen LogP contribution in [0.25, 0.3) is 0 Å². The number of halogens is 3. The number of carboxylic acid groups (broad SMARTS) is 1. The molecule has 1 aromatic heterocycles. The zero-order valence-electron chi connectivity index (χ0n) is 10.3. The van der Waals surface area contributed by atoms with Crippen molar-refractivity contribution >= 4 is 27.3 Å². The molecule has 0 aliphatic rings. The lowest BCUT2D eigenvalue weighted by molar-refractivity contribution is -0.138. The van der Waals surface area contributed by atoms with Crippen LogP contribution in [0.4, 0.5) is 13.2 Å². The zero-order chi connectivity index (χ0) is 15.6. The Morgan fingerprint density at radius 1 is 1.45 bits per heavy atom. The van der Waals surface area contributed by atoms with Gasteiger partial charge in [0.05, 0.1) is 12.8 Å². The molecule has 0 fully saturated rings. The van der Waals surface area contributed by atoms with Gasteiger partial charge in [-0.05, 0) is 19.1 Å². The Kier molecular flexibility index (Phi) is 5.16. The molecule has 1 unspecified atom stereocenters. The van der Waals surface area contributed by atoms with Crippen LogP contribution in [-0.2, 0) is 21.2 Å². The van der Waals surface area contributed by atoms with Crippen LogP contribution in [0.5, 0.6) is 0 Å². The second kappa shape index (κ2) is 6.10. The maximum absolute atomic E-state index is 12.1. The molecule has 1 aromatic rings. The van der Waals surface area contributed by atoms with E-state index in [1.165, 1.54) is 12.1 Å². The summed E-state index contributed by atoms with van der Waals surface area (Å²) in [5, 5.41) is 8.57. The molecule has 20 heavy (non-hydrogen) atoms. The lowest BCUT2D eigenvalue weighted by Crippen LogP contribution is -2.35. The monoisotopic (exact) mass is 331 g/mol. The molecule has 114 valence electrons. The largest absolute Gasteiger partial charge is 0.481 e. The first-order valence-corrected chi connectivity index (χ1v) is 7.69. The van der Waals surface area contributed by atoms with Crippen molar-refractivity contribution in [2.45, 2.75) is 36.2 Å². The zero-order valence-corrected chi connectivity index (χ0v) is 11.9. The average molecular weight is 331 g/mol. The van der Waals surface area contributed by atoms with Crippen molar-refractivity contribution in [3.05, 3.63) is 17.0 Å². The maximum atomic E-state index is 12.1. The Hall–Kier alpha value is -1.13. The molecule has 2 N–H and O–H groups in total. The maximum Gasteiger partial charge on any atom is 0.390 e. The highest BCUT2D eigenvalue weighted by atomic mass is 32.2. The molecule has 0 saturated carbocycles. The van der Waals surface area contributed by atoms with Crippen LogP contribution in [0.2, 0.25) is 0 Å². The Balaban J connectivity index is 2.78. The van der Waals surface area contributed by atoms with Crippen molar-refractivity contribution in [3.63, 3.8) is 0 Å². The molecule has 0 spiro atoms. The molecule has 0 amide bonds. The second-order valence-corrected chi connectivity index (χ2v) is 7.24. The first-order valence-electron chi connectivity index (χ1n) is 5.39. The van der Waals surface area contributed by atoms with Gasteiger partial charge in [-0.3, -0.25) is 4.79 Å². The molecule has 1 rings (SSSR count). The number of carboxylic acids is 1. The van der Waals surface area contributed by atoms with E-state index in [1.54, 1.807) is 0 Å². The fourth-order valence-electron chi connectivity index (χ4n) is 1.46. The number of sulfonamides is 1. The second-order valence-electron chi connectivity index (χ2n) is 4.13. The Morgan fingerprint density at radius 3 is 2.55 bits per heavy atom. The average Bonchev–Trinajstić information content (AvgIpc) is 2.61. The van der Waals surface area contributed by atoms with Gasteiger partial charge in [0.2, 0.25) is 10.0 Å². The van der Waals surface area contributed by atoms with Crippen LogP contribution in [0, 0.1) is 0 Å². The van der Waals surface area contributed by atoms with Crippen LogP contribution < -0.4 is 4.72 Å². The standard InChI is InChI=1S/C10H12F3NO4S2/c1-6(5-10(11,12)13)14-20(17,18)9-3-2-7(19-9)4-8(15)16/h2-3,6,14H,4-5H2,1H3,(H,15,16). The summed E-state index contributed by atoms with van der Waals surface area (Å²) >= 11 is 0.716. The fourth-order valence-corrected chi connectivity index (χ4v) is 4.07. The van der Waals surface area contributed by atoms with E-state index in [9.17, 15) is 26.4 Å². The van der Waals surface area contributed by atoms with E-state index in [0.717, 1.165) is 6.92 Å². The third-order valence-electron chi connectivity index (χ3n) is 2.12. The molecular formula is C10H12F3NO4S2. The molecule has 5 nitrogen and oxygen atoms in total. The minimum Gasteiger partial charge on any atom is -0.481 e. The van der Waals surface area contributed by atoms with Crippen molar-refractivity contribution in [2.24, 2.45) is 0 Å². The predicted octanol–water partition coefficient (Wildman–Crippen LogP) is 1.99. The molecule has 1 heterocycles. The molecule has 1 atom stereocenters. The van der Waals surface area contributed by atoms with E-state index in [0.29, 0.717) is 16.2 Å². The van der Waals surface area contributed by atoms with Gasteiger partial charge >= 0.3 is 12.1 Å². The predicted molar refractivity (Wildman–Crippen MR) is 66.1 cm³/mol. The summed E-state index contributed by atoms with van der Waals surface area (Å²) in [6, 6.07) is 1.19. The van der Waals surface area contributed by atoms with Crippen LogP contribution in [-0.4, -0.2) is 31.7 Å². The summed E-state index contributed by atoms with van der Waals surface area (Å²) in [6.45, 7) is 1.11. The normalized spacial score (nSPS) is 14.2. The first-order chi connectivity index (χ1) is 8.99. The highest BCUT2D eigenvalue weighted by Gasteiger charge is 2.32. The van der Waals surface area contributed by atoms with E-state index in [2.05, 4.69) is 0 Å². The van der Waals surface area contributed by atoms with Crippen molar-refractivity contribution in [1.29, 1.82) is 0 Å². The van der Waals surface area contributed by atoms with Crippen LogP contribution in [0.3, 0.4) is 0 Å². The number of nitrogens with one attached hydrogen (secondary N) is 1. The van der Waals surface area contributed by atoms with Crippen LogP contribution in [0.1, 0.15) is 18.2 Å². The number of rotatable bonds is 6. The van der Waals surface area contributed by atoms with Gasteiger partial charge < -0.3 is 5.11 Å². The third-order valence-corrected chi connectivity index (χ3v) is 5.29. The number of hydrogen-bond donors (Lipinski definition) is 2. The third kappa shape index (κ3) is 5.47. The number of thiophene rings is 1. The lowest BCUT2D eigenvalue weighted by Gasteiger charge is -2.15. The minimum absolute atomic E-state index is 0.206. The fraction of sp³-hybridized carbons (Fsp3) is 0.500.